The SMILES string of the molecule is COCC(C)N(C)C(=O)NCC[C@H](O)C(=O)O. The smallest absolute Gasteiger partial charge is 0.332 e. The number of hydrogen-bond acceptors (Lipinski definition) is 4. The van der Waals surface area contributed by atoms with E-state index < -0.39 is 12.1 Å². The van der Waals surface area contributed by atoms with E-state index in [-0.39, 0.29) is 25.0 Å². The molecular formula is C10H20N2O5. The predicted octanol–water partition coefficient (Wildman–Crippen LogP) is -0.502. The number of carbonyl (C=O) groups is 2. The summed E-state index contributed by atoms with van der Waals surface area (Å²) in [6.45, 7) is 2.35. The molecule has 17 heavy (non-hydrogen) atoms. The van der Waals surface area contributed by atoms with E-state index in [1.165, 1.54) is 4.90 Å². The van der Waals surface area contributed by atoms with Crippen LogP contribution >= 0.6 is 0 Å². The fourth-order valence-electron chi connectivity index (χ4n) is 1.12. The van der Waals surface area contributed by atoms with Gasteiger partial charge in [0.15, 0.2) is 6.10 Å². The summed E-state index contributed by atoms with van der Waals surface area (Å²) in [7, 11) is 3.16. The van der Waals surface area contributed by atoms with E-state index in [9.17, 15) is 9.59 Å². The van der Waals surface area contributed by atoms with E-state index in [1.807, 2.05) is 6.92 Å². The maximum absolute atomic E-state index is 11.5. The number of carboxylic acid groups (broad SMARTS) is 1. The van der Waals surface area contributed by atoms with Crippen LogP contribution in [0, 0.1) is 0 Å². The molecule has 7 nitrogen and oxygen atoms in total. The molecule has 0 radical (unpaired) electrons. The molecule has 0 spiro atoms. The minimum absolute atomic E-state index is 0.0203. The van der Waals surface area contributed by atoms with Crippen molar-refractivity contribution >= 4 is 12.0 Å². The molecule has 100 valence electrons. The molecule has 2 atom stereocenters. The highest BCUT2D eigenvalue weighted by atomic mass is 16.5. The monoisotopic (exact) mass is 248 g/mol. The van der Waals surface area contributed by atoms with Crippen LogP contribution in [0.1, 0.15) is 13.3 Å². The Kier molecular flexibility index (Phi) is 7.24. The van der Waals surface area contributed by atoms with Crippen molar-refractivity contribution in [3.63, 3.8) is 0 Å². The Labute approximate surface area is 100 Å². The summed E-state index contributed by atoms with van der Waals surface area (Å²) >= 11 is 0. The lowest BCUT2D eigenvalue weighted by atomic mass is 10.2. The molecule has 3 N–H and O–H groups in total. The molecule has 0 fully saturated rings. The third-order valence-corrected chi connectivity index (χ3v) is 2.37. The second-order valence-electron chi connectivity index (χ2n) is 3.79. The number of hydrogen-bond donors (Lipinski definition) is 3. The fourth-order valence-corrected chi connectivity index (χ4v) is 1.12. The van der Waals surface area contributed by atoms with Crippen molar-refractivity contribution in [2.24, 2.45) is 0 Å². The van der Waals surface area contributed by atoms with Gasteiger partial charge in [-0.3, -0.25) is 0 Å². The van der Waals surface area contributed by atoms with Gasteiger partial charge in [-0.1, -0.05) is 0 Å². The van der Waals surface area contributed by atoms with Gasteiger partial charge in [-0.25, -0.2) is 9.59 Å². The third kappa shape index (κ3) is 6.08. The predicted molar refractivity (Wildman–Crippen MR) is 60.8 cm³/mol. The van der Waals surface area contributed by atoms with Crippen LogP contribution in [0.5, 0.6) is 0 Å². The number of carbonyl (C=O) groups excluding carboxylic acids is 1. The summed E-state index contributed by atoms with van der Waals surface area (Å²) in [5, 5.41) is 19.9. The number of nitrogens with zero attached hydrogens (tertiary/aromatic N) is 1. The molecule has 0 heterocycles. The van der Waals surface area contributed by atoms with E-state index in [2.05, 4.69) is 5.32 Å². The van der Waals surface area contributed by atoms with Gasteiger partial charge in [0.1, 0.15) is 0 Å². The number of nitrogens with one attached hydrogen (secondary N) is 1. The van der Waals surface area contributed by atoms with Crippen LogP contribution in [0.2, 0.25) is 0 Å². The fraction of sp³-hybridized carbons (Fsp3) is 0.800. The largest absolute Gasteiger partial charge is 0.479 e. The van der Waals surface area contributed by atoms with E-state index in [0.717, 1.165) is 0 Å². The van der Waals surface area contributed by atoms with Crippen LogP contribution < -0.4 is 5.32 Å². The lowest BCUT2D eigenvalue weighted by Gasteiger charge is -2.24. The molecule has 0 aromatic rings. The highest BCUT2D eigenvalue weighted by Gasteiger charge is 2.17. The Morgan fingerprint density at radius 2 is 2.06 bits per heavy atom. The summed E-state index contributed by atoms with van der Waals surface area (Å²) in [5.74, 6) is -1.29. The first-order valence-electron chi connectivity index (χ1n) is 5.30. The lowest BCUT2D eigenvalue weighted by Crippen LogP contribution is -2.45. The molecule has 0 aromatic carbocycles. The number of carboxylic acids is 1. The van der Waals surface area contributed by atoms with Crippen LogP contribution in [-0.2, 0) is 9.53 Å². The summed E-state index contributed by atoms with van der Waals surface area (Å²) in [5.41, 5.74) is 0. The van der Waals surface area contributed by atoms with E-state index >= 15 is 0 Å². The van der Waals surface area contributed by atoms with E-state index in [4.69, 9.17) is 14.9 Å². The third-order valence-electron chi connectivity index (χ3n) is 2.37. The van der Waals surface area contributed by atoms with Gasteiger partial charge in [-0.2, -0.15) is 0 Å². The Balaban J connectivity index is 3.89. The Bertz CT molecular complexity index is 259. The summed E-state index contributed by atoms with van der Waals surface area (Å²) in [4.78, 5) is 23.3. The van der Waals surface area contributed by atoms with Crippen molar-refractivity contribution in [3.05, 3.63) is 0 Å². The van der Waals surface area contributed by atoms with Gasteiger partial charge >= 0.3 is 12.0 Å². The van der Waals surface area contributed by atoms with Crippen LogP contribution in [0.25, 0.3) is 0 Å². The molecular weight excluding hydrogens is 228 g/mol. The van der Waals surface area contributed by atoms with Gasteiger partial charge in [0.05, 0.1) is 12.6 Å². The van der Waals surface area contributed by atoms with Crippen molar-refractivity contribution in [3.8, 4) is 0 Å². The number of amides is 2. The number of ether oxygens (including phenoxy) is 1. The highest BCUT2D eigenvalue weighted by molar-refractivity contribution is 5.74. The number of likely N-dealkylation sites (N-methyl/N-ethyl adjacent to an activating group) is 1. The first-order valence-corrected chi connectivity index (χ1v) is 5.30. The van der Waals surface area contributed by atoms with Crippen LogP contribution in [-0.4, -0.2) is 66.6 Å². The minimum atomic E-state index is -1.45. The van der Waals surface area contributed by atoms with Crippen LogP contribution in [0.3, 0.4) is 0 Å². The van der Waals surface area contributed by atoms with Crippen molar-refractivity contribution in [1.82, 2.24) is 10.2 Å². The molecule has 0 aliphatic heterocycles. The zero-order chi connectivity index (χ0) is 13.4. The summed E-state index contributed by atoms with van der Waals surface area (Å²) in [6.07, 6.45) is -1.47. The molecule has 0 bridgehead atoms. The van der Waals surface area contributed by atoms with E-state index in [1.54, 1.807) is 14.2 Å². The molecule has 0 aliphatic carbocycles. The lowest BCUT2D eigenvalue weighted by molar-refractivity contribution is -0.146. The Morgan fingerprint density at radius 1 is 1.47 bits per heavy atom. The van der Waals surface area contributed by atoms with Crippen molar-refractivity contribution in [2.45, 2.75) is 25.5 Å². The second kappa shape index (κ2) is 7.86. The van der Waals surface area contributed by atoms with Gasteiger partial charge in [0.2, 0.25) is 0 Å². The maximum Gasteiger partial charge on any atom is 0.332 e. The Hall–Kier alpha value is -1.34. The van der Waals surface area contributed by atoms with Gasteiger partial charge < -0.3 is 25.2 Å². The van der Waals surface area contributed by atoms with Crippen LogP contribution in [0.15, 0.2) is 0 Å². The molecule has 0 rings (SSSR count). The van der Waals surface area contributed by atoms with Crippen LogP contribution in [0.4, 0.5) is 4.79 Å². The van der Waals surface area contributed by atoms with E-state index in [0.29, 0.717) is 6.61 Å². The first kappa shape index (κ1) is 15.7. The quantitative estimate of drug-likeness (QED) is 0.564. The average molecular weight is 248 g/mol. The van der Waals surface area contributed by atoms with Crippen molar-refractivity contribution in [1.29, 1.82) is 0 Å². The topological polar surface area (TPSA) is 99.1 Å². The standard InChI is InChI=1S/C10H20N2O5/c1-7(6-17-3)12(2)10(16)11-5-4-8(13)9(14)15/h7-8,13H,4-6H2,1-3H3,(H,11,16)(H,14,15)/t7?,8-/m0/s1. The second-order valence-corrected chi connectivity index (χ2v) is 3.79. The number of methoxy groups -OCH3 is 1. The zero-order valence-electron chi connectivity index (χ0n) is 10.3. The number of rotatable bonds is 7. The normalized spacial score (nSPS) is 13.9. The number of aliphatic carboxylic acids is 1. The summed E-state index contributed by atoms with van der Waals surface area (Å²) in [6, 6.07) is -0.406. The zero-order valence-corrected chi connectivity index (χ0v) is 10.3. The number of urea groups is 1. The molecule has 0 saturated carbocycles. The van der Waals surface area contributed by atoms with Gasteiger partial charge in [-0.05, 0) is 6.92 Å². The summed E-state index contributed by atoms with van der Waals surface area (Å²) < 4.78 is 4.91. The molecule has 1 unspecified atom stereocenters. The molecule has 0 aliphatic rings. The first-order chi connectivity index (χ1) is 7.90. The average Bonchev–Trinajstić information content (AvgIpc) is 2.27. The number of aliphatic hydroxyl groups excluding tert-OH is 1. The highest BCUT2D eigenvalue weighted by Crippen LogP contribution is 1.97. The molecule has 0 saturated heterocycles. The van der Waals surface area contributed by atoms with Crippen molar-refractivity contribution < 1.29 is 24.5 Å². The van der Waals surface area contributed by atoms with Gasteiger partial charge in [-0.15, -0.1) is 0 Å². The minimum Gasteiger partial charge on any atom is -0.479 e. The number of aliphatic hydroxyl groups is 1. The molecule has 7 heteroatoms. The maximum atomic E-state index is 11.5. The van der Waals surface area contributed by atoms with Gasteiger partial charge in [0, 0.05) is 27.1 Å². The van der Waals surface area contributed by atoms with Crippen molar-refractivity contribution in [2.75, 3.05) is 27.3 Å². The molecule has 2 amide bonds. The van der Waals surface area contributed by atoms with Gasteiger partial charge in [0.25, 0.3) is 0 Å². The Morgan fingerprint density at radius 3 is 2.53 bits per heavy atom. The molecule has 0 aromatic heterocycles.